The smallest absolute Gasteiger partial charge is 0.254 e. The number of ether oxygens (including phenoxy) is 2. The van der Waals surface area contributed by atoms with Crippen molar-refractivity contribution in [2.45, 2.75) is 26.4 Å². The lowest BCUT2D eigenvalue weighted by Gasteiger charge is -2.18. The van der Waals surface area contributed by atoms with Crippen LogP contribution in [0.1, 0.15) is 30.9 Å². The van der Waals surface area contributed by atoms with Crippen LogP contribution in [0.15, 0.2) is 53.7 Å². The maximum atomic E-state index is 13.2. The number of allylic oxidation sites excluding steroid dienone is 2. The highest BCUT2D eigenvalue weighted by Crippen LogP contribution is 2.73. The highest BCUT2D eigenvalue weighted by Gasteiger charge is 2.73. The van der Waals surface area contributed by atoms with Crippen molar-refractivity contribution in [3.63, 3.8) is 0 Å². The highest BCUT2D eigenvalue weighted by atomic mass is 127. The number of hydrogen-bond acceptors (Lipinski definition) is 5. The van der Waals surface area contributed by atoms with Gasteiger partial charge in [-0.1, -0.05) is 35.9 Å². The van der Waals surface area contributed by atoms with Crippen molar-refractivity contribution >= 4 is 52.2 Å². The van der Waals surface area contributed by atoms with Crippen molar-refractivity contribution in [2.24, 2.45) is 34.2 Å². The largest absolute Gasteiger partial charge is 0.490 e. The van der Waals surface area contributed by atoms with Crippen LogP contribution in [-0.2, 0) is 16.2 Å². The van der Waals surface area contributed by atoms with Crippen LogP contribution in [0.25, 0.3) is 0 Å². The van der Waals surface area contributed by atoms with Crippen LogP contribution in [0.2, 0.25) is 5.02 Å². The molecular weight excluding hydrogens is 579 g/mol. The van der Waals surface area contributed by atoms with E-state index in [0.29, 0.717) is 29.7 Å². The summed E-state index contributed by atoms with van der Waals surface area (Å²) in [5.74, 6) is 0.779. The predicted molar refractivity (Wildman–Crippen MR) is 140 cm³/mol. The third-order valence-electron chi connectivity index (χ3n) is 7.78. The summed E-state index contributed by atoms with van der Waals surface area (Å²) in [6.07, 6.45) is 8.13. The van der Waals surface area contributed by atoms with Gasteiger partial charge < -0.3 is 9.47 Å². The second-order valence-electron chi connectivity index (χ2n) is 9.63. The minimum absolute atomic E-state index is 0.165. The molecule has 2 aromatic carbocycles. The zero-order valence-electron chi connectivity index (χ0n) is 19.1. The zero-order chi connectivity index (χ0) is 24.3. The number of halogens is 2. The van der Waals surface area contributed by atoms with Crippen LogP contribution < -0.4 is 9.47 Å². The quantitative estimate of drug-likeness (QED) is 0.183. The van der Waals surface area contributed by atoms with E-state index in [9.17, 15) is 9.59 Å². The number of amides is 2. The number of hydrazone groups is 1. The van der Waals surface area contributed by atoms with Gasteiger partial charge in [0.05, 0.1) is 28.2 Å². The molecule has 2 saturated carbocycles. The Morgan fingerprint density at radius 1 is 1.09 bits per heavy atom. The van der Waals surface area contributed by atoms with E-state index < -0.39 is 0 Å². The molecule has 0 N–H and O–H groups in total. The topological polar surface area (TPSA) is 68.2 Å². The van der Waals surface area contributed by atoms with Gasteiger partial charge in [0, 0.05) is 5.02 Å². The average molecular weight is 603 g/mol. The molecule has 6 nitrogen and oxygen atoms in total. The molecule has 6 rings (SSSR count). The van der Waals surface area contributed by atoms with Crippen LogP contribution >= 0.6 is 34.2 Å². The SMILES string of the molecule is CCOc1cc(/C=N\N2C(=O)[C@@H]3[C@H](C2=O)[C@H]2C=C[C@H]3C23CC3)cc(I)c1OCc1ccc(Cl)cc1. The lowest BCUT2D eigenvalue weighted by Crippen LogP contribution is -2.30. The van der Waals surface area contributed by atoms with Crippen molar-refractivity contribution in [1.82, 2.24) is 5.01 Å². The summed E-state index contributed by atoms with van der Waals surface area (Å²) in [4.78, 5) is 26.3. The van der Waals surface area contributed by atoms with Crippen LogP contribution in [0.5, 0.6) is 11.5 Å². The van der Waals surface area contributed by atoms with Gasteiger partial charge in [0.25, 0.3) is 11.8 Å². The second kappa shape index (κ2) is 8.62. The summed E-state index contributed by atoms with van der Waals surface area (Å²) in [6.45, 7) is 2.75. The fourth-order valence-electron chi connectivity index (χ4n) is 6.10. The Hall–Kier alpha value is -2.39. The average Bonchev–Trinajstić information content (AvgIpc) is 3.44. The molecule has 3 fully saturated rings. The number of rotatable bonds is 7. The minimum atomic E-state index is -0.250. The van der Waals surface area contributed by atoms with E-state index in [-0.39, 0.29) is 40.9 Å². The van der Waals surface area contributed by atoms with E-state index in [2.05, 4.69) is 39.8 Å². The van der Waals surface area contributed by atoms with E-state index in [0.717, 1.165) is 32.5 Å². The van der Waals surface area contributed by atoms with Crippen molar-refractivity contribution < 1.29 is 19.1 Å². The van der Waals surface area contributed by atoms with E-state index in [1.165, 1.54) is 0 Å². The molecule has 180 valence electrons. The molecule has 4 aliphatic rings. The molecule has 3 aliphatic carbocycles. The number of fused-ring (bicyclic) bond motifs is 3. The Morgan fingerprint density at radius 3 is 2.34 bits per heavy atom. The molecule has 8 heteroatoms. The second-order valence-corrected chi connectivity index (χ2v) is 11.2. The summed E-state index contributed by atoms with van der Waals surface area (Å²) in [7, 11) is 0. The first-order chi connectivity index (χ1) is 16.9. The van der Waals surface area contributed by atoms with Crippen molar-refractivity contribution in [3.8, 4) is 11.5 Å². The third-order valence-corrected chi connectivity index (χ3v) is 8.83. The van der Waals surface area contributed by atoms with Crippen molar-refractivity contribution in [2.75, 3.05) is 6.61 Å². The van der Waals surface area contributed by atoms with E-state index in [1.54, 1.807) is 6.21 Å². The Kier molecular flexibility index (Phi) is 5.67. The molecule has 2 bridgehead atoms. The fourth-order valence-corrected chi connectivity index (χ4v) is 7.01. The maximum Gasteiger partial charge on any atom is 0.254 e. The van der Waals surface area contributed by atoms with Gasteiger partial charge in [-0.05, 0) is 95.0 Å². The van der Waals surface area contributed by atoms with Crippen molar-refractivity contribution in [1.29, 1.82) is 0 Å². The van der Waals surface area contributed by atoms with Crippen LogP contribution in [0.3, 0.4) is 0 Å². The van der Waals surface area contributed by atoms with Gasteiger partial charge in [-0.3, -0.25) is 9.59 Å². The molecule has 1 saturated heterocycles. The number of hydrogen-bond donors (Lipinski definition) is 0. The standard InChI is InChI=1S/C27H24ClIN2O4/c1-2-34-21-12-16(11-20(29)24(21)35-14-15-3-5-17(28)6-4-15)13-30-31-25(32)22-18-7-8-19(23(22)26(31)33)27(18)9-10-27/h3-8,11-13,18-19,22-23H,2,9-10,14H2,1H3/b30-13-/t18-,19-,22-,23+/m1/s1. The van der Waals surface area contributed by atoms with Gasteiger partial charge in [-0.25, -0.2) is 0 Å². The summed E-state index contributed by atoms with van der Waals surface area (Å²) in [6, 6.07) is 11.2. The summed E-state index contributed by atoms with van der Waals surface area (Å²) < 4.78 is 12.8. The van der Waals surface area contributed by atoms with Gasteiger partial charge in [-0.15, -0.1) is 0 Å². The fraction of sp³-hybridized carbons (Fsp3) is 0.370. The Labute approximate surface area is 222 Å². The summed E-state index contributed by atoms with van der Waals surface area (Å²) >= 11 is 8.17. The van der Waals surface area contributed by atoms with Gasteiger partial charge in [0.2, 0.25) is 0 Å². The molecular formula is C27H24ClIN2O4. The van der Waals surface area contributed by atoms with E-state index in [4.69, 9.17) is 21.1 Å². The van der Waals surface area contributed by atoms with E-state index in [1.807, 2.05) is 43.3 Å². The molecule has 2 aromatic rings. The number of imide groups is 1. The van der Waals surface area contributed by atoms with Crippen LogP contribution in [0, 0.1) is 32.7 Å². The summed E-state index contributed by atoms with van der Waals surface area (Å²) in [5, 5.41) is 6.12. The molecule has 1 spiro atoms. The third kappa shape index (κ3) is 3.69. The highest BCUT2D eigenvalue weighted by molar-refractivity contribution is 14.1. The molecule has 1 heterocycles. The van der Waals surface area contributed by atoms with E-state index >= 15 is 0 Å². The number of benzene rings is 2. The predicted octanol–water partition coefficient (Wildman–Crippen LogP) is 5.45. The first kappa shape index (κ1) is 23.0. The number of nitrogens with zero attached hydrogens (tertiary/aromatic N) is 2. The van der Waals surface area contributed by atoms with Crippen molar-refractivity contribution in [3.05, 3.63) is 68.3 Å². The maximum absolute atomic E-state index is 13.2. The Bertz CT molecular complexity index is 1240. The molecule has 0 radical (unpaired) electrons. The molecule has 1 aliphatic heterocycles. The van der Waals surface area contributed by atoms with Crippen LogP contribution in [-0.4, -0.2) is 29.6 Å². The van der Waals surface area contributed by atoms with Gasteiger partial charge in [0.15, 0.2) is 11.5 Å². The lowest BCUT2D eigenvalue weighted by molar-refractivity contribution is -0.141. The molecule has 2 amide bonds. The minimum Gasteiger partial charge on any atom is -0.490 e. The summed E-state index contributed by atoms with van der Waals surface area (Å²) in [5.41, 5.74) is 1.90. The monoisotopic (exact) mass is 602 g/mol. The molecule has 0 aromatic heterocycles. The molecule has 0 unspecified atom stereocenters. The number of carbonyl (C=O) groups excluding carboxylic acids is 2. The Morgan fingerprint density at radius 2 is 1.74 bits per heavy atom. The normalized spacial score (nSPS) is 27.3. The first-order valence-corrected chi connectivity index (χ1v) is 13.3. The van der Waals surface area contributed by atoms with Crippen LogP contribution in [0.4, 0.5) is 0 Å². The van der Waals surface area contributed by atoms with Gasteiger partial charge in [0.1, 0.15) is 6.61 Å². The molecule has 4 atom stereocenters. The van der Waals surface area contributed by atoms with Gasteiger partial charge >= 0.3 is 0 Å². The first-order valence-electron chi connectivity index (χ1n) is 11.9. The lowest BCUT2D eigenvalue weighted by atomic mass is 9.85. The van der Waals surface area contributed by atoms with Gasteiger partial charge in [-0.2, -0.15) is 10.1 Å². The zero-order valence-corrected chi connectivity index (χ0v) is 22.0. The Balaban J connectivity index is 1.21. The number of carbonyl (C=O) groups is 2. The molecule has 35 heavy (non-hydrogen) atoms.